The lowest BCUT2D eigenvalue weighted by molar-refractivity contribution is -0.138. The Balaban J connectivity index is 3.21. The van der Waals surface area contributed by atoms with E-state index in [-0.39, 0.29) is 18.9 Å². The molecule has 2 N–H and O–H groups in total. The van der Waals surface area contributed by atoms with Crippen LogP contribution in [0.1, 0.15) is 90.4 Å². The zero-order chi connectivity index (χ0) is 15.1. The highest BCUT2D eigenvalue weighted by atomic mass is 16.4. The Labute approximate surface area is 124 Å². The summed E-state index contributed by atoms with van der Waals surface area (Å²) < 4.78 is 0. The topological polar surface area (TPSA) is 57.5 Å². The average Bonchev–Trinajstić information content (AvgIpc) is 2.43. The Morgan fingerprint density at radius 2 is 1.30 bits per heavy atom. The van der Waals surface area contributed by atoms with Crippen molar-refractivity contribution in [2.45, 2.75) is 90.4 Å². The van der Waals surface area contributed by atoms with Gasteiger partial charge in [0.15, 0.2) is 0 Å². The van der Waals surface area contributed by atoms with Crippen molar-refractivity contribution in [1.29, 1.82) is 0 Å². The Bertz CT molecular complexity index is 216. The van der Waals surface area contributed by atoms with Crippen molar-refractivity contribution in [3.8, 4) is 0 Å². The second-order valence-electron chi connectivity index (χ2n) is 5.97. The number of unbranched alkanes of at least 4 members (excludes halogenated alkanes) is 10. The lowest BCUT2D eigenvalue weighted by Gasteiger charge is -2.10. The van der Waals surface area contributed by atoms with E-state index in [9.17, 15) is 4.79 Å². The van der Waals surface area contributed by atoms with Gasteiger partial charge in [0.05, 0.1) is 6.42 Å². The third-order valence-corrected chi connectivity index (χ3v) is 3.94. The number of carboxylic acid groups (broad SMARTS) is 1. The van der Waals surface area contributed by atoms with Gasteiger partial charge in [-0.05, 0) is 12.3 Å². The molecule has 3 heteroatoms. The van der Waals surface area contributed by atoms with Gasteiger partial charge in [-0.25, -0.2) is 0 Å². The number of aliphatic carboxylic acids is 1. The van der Waals surface area contributed by atoms with Gasteiger partial charge in [-0.15, -0.1) is 0 Å². The van der Waals surface area contributed by atoms with Gasteiger partial charge in [-0.2, -0.15) is 0 Å². The van der Waals surface area contributed by atoms with Gasteiger partial charge < -0.3 is 10.2 Å². The SMILES string of the molecule is CCCCCCCCCCCCCC(CO)CC(=O)O. The maximum atomic E-state index is 10.6. The molecular formula is C17H34O3. The fourth-order valence-electron chi connectivity index (χ4n) is 2.60. The average molecular weight is 286 g/mol. The fourth-order valence-corrected chi connectivity index (χ4v) is 2.60. The van der Waals surface area contributed by atoms with E-state index in [4.69, 9.17) is 10.2 Å². The van der Waals surface area contributed by atoms with Crippen molar-refractivity contribution < 1.29 is 15.0 Å². The number of aliphatic hydroxyl groups is 1. The minimum atomic E-state index is -0.799. The van der Waals surface area contributed by atoms with Crippen LogP contribution in [-0.4, -0.2) is 22.8 Å². The number of hydrogen-bond donors (Lipinski definition) is 2. The molecule has 0 aliphatic heterocycles. The van der Waals surface area contributed by atoms with Crippen molar-refractivity contribution in [2.75, 3.05) is 6.61 Å². The van der Waals surface area contributed by atoms with E-state index in [1.165, 1.54) is 64.2 Å². The van der Waals surface area contributed by atoms with Crippen LogP contribution >= 0.6 is 0 Å². The number of carboxylic acids is 1. The summed E-state index contributed by atoms with van der Waals surface area (Å²) in [6.07, 6.45) is 15.3. The summed E-state index contributed by atoms with van der Waals surface area (Å²) in [4.78, 5) is 10.6. The summed E-state index contributed by atoms with van der Waals surface area (Å²) in [5, 5.41) is 17.8. The predicted molar refractivity (Wildman–Crippen MR) is 83.9 cm³/mol. The Hall–Kier alpha value is -0.570. The van der Waals surface area contributed by atoms with Crippen LogP contribution < -0.4 is 0 Å². The Morgan fingerprint density at radius 3 is 1.70 bits per heavy atom. The second-order valence-corrected chi connectivity index (χ2v) is 5.97. The van der Waals surface area contributed by atoms with Gasteiger partial charge >= 0.3 is 5.97 Å². The van der Waals surface area contributed by atoms with Crippen LogP contribution in [0.5, 0.6) is 0 Å². The number of hydrogen-bond acceptors (Lipinski definition) is 2. The molecule has 0 rings (SSSR count). The highest BCUT2D eigenvalue weighted by Crippen LogP contribution is 2.16. The molecule has 1 atom stereocenters. The van der Waals surface area contributed by atoms with Gasteiger partial charge in [-0.3, -0.25) is 4.79 Å². The highest BCUT2D eigenvalue weighted by molar-refractivity contribution is 5.66. The van der Waals surface area contributed by atoms with E-state index in [1.54, 1.807) is 0 Å². The summed E-state index contributed by atoms with van der Waals surface area (Å²) in [5.41, 5.74) is 0. The minimum Gasteiger partial charge on any atom is -0.481 e. The maximum Gasteiger partial charge on any atom is 0.303 e. The van der Waals surface area contributed by atoms with E-state index in [1.807, 2.05) is 0 Å². The van der Waals surface area contributed by atoms with E-state index < -0.39 is 5.97 Å². The molecule has 0 saturated carbocycles. The number of carbonyl (C=O) groups is 1. The molecule has 0 aromatic rings. The molecular weight excluding hydrogens is 252 g/mol. The number of aliphatic hydroxyl groups excluding tert-OH is 1. The van der Waals surface area contributed by atoms with Crippen LogP contribution in [0, 0.1) is 5.92 Å². The van der Waals surface area contributed by atoms with Gasteiger partial charge in [0.25, 0.3) is 0 Å². The standard InChI is InChI=1S/C17H34O3/c1-2-3-4-5-6-7-8-9-10-11-12-13-16(15-18)14-17(19)20/h16,18H,2-15H2,1H3,(H,19,20). The zero-order valence-electron chi connectivity index (χ0n) is 13.3. The minimum absolute atomic E-state index is 0.00403. The van der Waals surface area contributed by atoms with Crippen LogP contribution in [0.15, 0.2) is 0 Å². The maximum absolute atomic E-state index is 10.6. The summed E-state index contributed by atoms with van der Waals surface area (Å²) in [6.45, 7) is 2.25. The third kappa shape index (κ3) is 13.9. The quantitative estimate of drug-likeness (QED) is 0.426. The lowest BCUT2D eigenvalue weighted by atomic mass is 9.98. The first-order valence-corrected chi connectivity index (χ1v) is 8.53. The van der Waals surface area contributed by atoms with Crippen molar-refractivity contribution in [3.05, 3.63) is 0 Å². The van der Waals surface area contributed by atoms with E-state index in [2.05, 4.69) is 6.92 Å². The molecule has 0 saturated heterocycles. The molecule has 0 heterocycles. The summed E-state index contributed by atoms with van der Waals surface area (Å²) in [7, 11) is 0. The van der Waals surface area contributed by atoms with Gasteiger partial charge in [0.1, 0.15) is 0 Å². The molecule has 0 aromatic heterocycles. The molecule has 20 heavy (non-hydrogen) atoms. The predicted octanol–water partition coefficient (Wildman–Crippen LogP) is 4.77. The van der Waals surface area contributed by atoms with Crippen LogP contribution in [0.4, 0.5) is 0 Å². The molecule has 0 bridgehead atoms. The third-order valence-electron chi connectivity index (χ3n) is 3.94. The van der Waals surface area contributed by atoms with Crippen LogP contribution in [-0.2, 0) is 4.79 Å². The first kappa shape index (κ1) is 19.4. The fraction of sp³-hybridized carbons (Fsp3) is 0.941. The molecule has 0 spiro atoms. The van der Waals surface area contributed by atoms with E-state index >= 15 is 0 Å². The van der Waals surface area contributed by atoms with E-state index in [0.29, 0.717) is 0 Å². The van der Waals surface area contributed by atoms with Crippen molar-refractivity contribution in [3.63, 3.8) is 0 Å². The normalized spacial score (nSPS) is 12.5. The first-order valence-electron chi connectivity index (χ1n) is 8.53. The van der Waals surface area contributed by atoms with Crippen LogP contribution in [0.25, 0.3) is 0 Å². The highest BCUT2D eigenvalue weighted by Gasteiger charge is 2.11. The molecule has 0 amide bonds. The zero-order valence-corrected chi connectivity index (χ0v) is 13.3. The lowest BCUT2D eigenvalue weighted by Crippen LogP contribution is -2.11. The molecule has 0 fully saturated rings. The van der Waals surface area contributed by atoms with Crippen LogP contribution in [0.3, 0.4) is 0 Å². The summed E-state index contributed by atoms with van der Waals surface area (Å²) >= 11 is 0. The molecule has 0 radical (unpaired) electrons. The van der Waals surface area contributed by atoms with E-state index in [0.717, 1.165) is 12.8 Å². The second kappa shape index (κ2) is 14.8. The molecule has 120 valence electrons. The molecule has 0 aromatic carbocycles. The molecule has 0 aliphatic carbocycles. The Kier molecular flexibility index (Phi) is 14.4. The molecule has 0 aliphatic rings. The van der Waals surface area contributed by atoms with Gasteiger partial charge in [0, 0.05) is 6.61 Å². The van der Waals surface area contributed by atoms with Gasteiger partial charge in [0.2, 0.25) is 0 Å². The molecule has 3 nitrogen and oxygen atoms in total. The summed E-state index contributed by atoms with van der Waals surface area (Å²) in [6, 6.07) is 0. The smallest absolute Gasteiger partial charge is 0.303 e. The van der Waals surface area contributed by atoms with Crippen LogP contribution in [0.2, 0.25) is 0 Å². The largest absolute Gasteiger partial charge is 0.481 e. The van der Waals surface area contributed by atoms with Crippen molar-refractivity contribution in [2.24, 2.45) is 5.92 Å². The van der Waals surface area contributed by atoms with Crippen molar-refractivity contribution >= 4 is 5.97 Å². The number of rotatable bonds is 15. The first-order chi connectivity index (χ1) is 9.70. The van der Waals surface area contributed by atoms with Gasteiger partial charge in [-0.1, -0.05) is 77.6 Å². The van der Waals surface area contributed by atoms with Crippen molar-refractivity contribution in [1.82, 2.24) is 0 Å². The Morgan fingerprint density at radius 1 is 0.850 bits per heavy atom. The molecule has 1 unspecified atom stereocenters. The summed E-state index contributed by atoms with van der Waals surface area (Å²) in [5.74, 6) is -0.849. The monoisotopic (exact) mass is 286 g/mol.